The minimum atomic E-state index is 0.101. The minimum Gasteiger partial charge on any atom is -0.336 e. The van der Waals surface area contributed by atoms with Crippen molar-refractivity contribution < 1.29 is 9.59 Å². The number of carbonyl (C=O) groups excluding carboxylic acids is 2. The van der Waals surface area contributed by atoms with Crippen LogP contribution in [-0.2, 0) is 9.59 Å². The van der Waals surface area contributed by atoms with Crippen molar-refractivity contribution >= 4 is 11.8 Å². The summed E-state index contributed by atoms with van der Waals surface area (Å²) in [5.74, 6) is 1.27. The monoisotopic (exact) mass is 293 g/mol. The third-order valence-electron chi connectivity index (χ3n) is 5.53. The molecule has 0 spiro atoms. The van der Waals surface area contributed by atoms with E-state index < -0.39 is 0 Å². The summed E-state index contributed by atoms with van der Waals surface area (Å²) in [5, 5.41) is 3.12. The molecule has 118 valence electrons. The second-order valence-electron chi connectivity index (χ2n) is 6.78. The lowest BCUT2D eigenvalue weighted by Gasteiger charge is -2.43. The topological polar surface area (TPSA) is 52.6 Å². The molecule has 2 aliphatic heterocycles. The van der Waals surface area contributed by atoms with E-state index in [2.05, 4.69) is 17.1 Å². The maximum atomic E-state index is 12.4. The first-order valence-electron chi connectivity index (χ1n) is 8.48. The zero-order chi connectivity index (χ0) is 14.8. The van der Waals surface area contributed by atoms with Gasteiger partial charge in [0, 0.05) is 32.2 Å². The van der Waals surface area contributed by atoms with E-state index in [4.69, 9.17) is 0 Å². The zero-order valence-electron chi connectivity index (χ0n) is 13.0. The molecule has 21 heavy (non-hydrogen) atoms. The molecule has 1 saturated carbocycles. The van der Waals surface area contributed by atoms with Gasteiger partial charge in [-0.2, -0.15) is 0 Å². The largest absolute Gasteiger partial charge is 0.336 e. The Labute approximate surface area is 127 Å². The number of rotatable bonds is 3. The van der Waals surface area contributed by atoms with Gasteiger partial charge in [-0.25, -0.2) is 0 Å². The molecular formula is C16H27N3O2. The van der Waals surface area contributed by atoms with E-state index in [1.54, 1.807) is 4.90 Å². The van der Waals surface area contributed by atoms with Gasteiger partial charge in [-0.3, -0.25) is 9.59 Å². The highest BCUT2D eigenvalue weighted by atomic mass is 16.2. The maximum Gasteiger partial charge on any atom is 0.242 e. The molecule has 3 fully saturated rings. The van der Waals surface area contributed by atoms with Crippen molar-refractivity contribution in [2.45, 2.75) is 45.1 Å². The van der Waals surface area contributed by atoms with E-state index in [1.165, 1.54) is 19.3 Å². The summed E-state index contributed by atoms with van der Waals surface area (Å²) < 4.78 is 0. The zero-order valence-corrected chi connectivity index (χ0v) is 13.0. The van der Waals surface area contributed by atoms with Crippen LogP contribution in [0.3, 0.4) is 0 Å². The summed E-state index contributed by atoms with van der Waals surface area (Å²) in [5.41, 5.74) is 0. The van der Waals surface area contributed by atoms with E-state index in [1.807, 2.05) is 0 Å². The van der Waals surface area contributed by atoms with Crippen LogP contribution in [0.1, 0.15) is 39.0 Å². The van der Waals surface area contributed by atoms with E-state index in [-0.39, 0.29) is 17.7 Å². The van der Waals surface area contributed by atoms with E-state index in [0.717, 1.165) is 44.9 Å². The molecule has 0 bridgehead atoms. The van der Waals surface area contributed by atoms with Crippen molar-refractivity contribution in [1.29, 1.82) is 0 Å². The van der Waals surface area contributed by atoms with Crippen LogP contribution in [0.2, 0.25) is 0 Å². The highest BCUT2D eigenvalue weighted by molar-refractivity contribution is 5.87. The molecule has 0 unspecified atom stereocenters. The lowest BCUT2D eigenvalue weighted by atomic mass is 9.83. The maximum absolute atomic E-state index is 12.4. The predicted octanol–water partition coefficient (Wildman–Crippen LogP) is 0.845. The molecule has 1 N–H and O–H groups in total. The first kappa shape index (κ1) is 14.8. The third-order valence-corrected chi connectivity index (χ3v) is 5.53. The van der Waals surface area contributed by atoms with Crippen LogP contribution in [0.25, 0.3) is 0 Å². The Morgan fingerprint density at radius 3 is 2.43 bits per heavy atom. The van der Waals surface area contributed by atoms with Gasteiger partial charge < -0.3 is 15.1 Å². The highest BCUT2D eigenvalue weighted by Crippen LogP contribution is 2.30. The van der Waals surface area contributed by atoms with Gasteiger partial charge in [-0.1, -0.05) is 13.3 Å². The van der Waals surface area contributed by atoms with Crippen molar-refractivity contribution in [2.75, 3.05) is 32.7 Å². The fraction of sp³-hybridized carbons (Fsp3) is 0.875. The molecule has 5 heteroatoms. The van der Waals surface area contributed by atoms with Gasteiger partial charge in [-0.05, 0) is 31.6 Å². The average Bonchev–Trinajstić information content (AvgIpc) is 2.45. The summed E-state index contributed by atoms with van der Waals surface area (Å²) in [7, 11) is 0. The quantitative estimate of drug-likeness (QED) is 0.839. The fourth-order valence-corrected chi connectivity index (χ4v) is 3.85. The molecule has 0 aromatic carbocycles. The van der Waals surface area contributed by atoms with Crippen molar-refractivity contribution in [1.82, 2.24) is 15.1 Å². The second kappa shape index (κ2) is 6.34. The predicted molar refractivity (Wildman–Crippen MR) is 80.7 cm³/mol. The summed E-state index contributed by atoms with van der Waals surface area (Å²) in [6, 6.07) is 0.419. The normalized spacial score (nSPS) is 31.2. The molecule has 0 radical (unpaired) electrons. The van der Waals surface area contributed by atoms with Crippen molar-refractivity contribution in [3.63, 3.8) is 0 Å². The first-order chi connectivity index (χ1) is 10.2. The van der Waals surface area contributed by atoms with Gasteiger partial charge in [0.1, 0.15) is 0 Å². The van der Waals surface area contributed by atoms with Crippen LogP contribution in [0, 0.1) is 11.8 Å². The fourth-order valence-electron chi connectivity index (χ4n) is 3.85. The summed E-state index contributed by atoms with van der Waals surface area (Å²) in [4.78, 5) is 28.4. The third kappa shape index (κ3) is 3.07. The van der Waals surface area contributed by atoms with Crippen LogP contribution in [0.4, 0.5) is 0 Å². The molecule has 3 rings (SSSR count). The van der Waals surface area contributed by atoms with Crippen LogP contribution in [-0.4, -0.2) is 60.4 Å². The molecule has 5 nitrogen and oxygen atoms in total. The Bertz CT molecular complexity index is 400. The number of amides is 2. The first-order valence-corrected chi connectivity index (χ1v) is 8.48. The van der Waals surface area contributed by atoms with Crippen LogP contribution in [0.5, 0.6) is 0 Å². The van der Waals surface area contributed by atoms with Gasteiger partial charge in [0.15, 0.2) is 0 Å². The van der Waals surface area contributed by atoms with E-state index in [9.17, 15) is 9.59 Å². The number of piperazine rings is 1. The summed E-state index contributed by atoms with van der Waals surface area (Å²) in [6.45, 7) is 5.54. The lowest BCUT2D eigenvalue weighted by Crippen LogP contribution is -2.59. The molecule has 0 aromatic rings. The lowest BCUT2D eigenvalue weighted by molar-refractivity contribution is -0.150. The molecular weight excluding hydrogens is 266 g/mol. The van der Waals surface area contributed by atoms with Gasteiger partial charge in [0.05, 0.1) is 12.5 Å². The Morgan fingerprint density at radius 2 is 1.90 bits per heavy atom. The standard InChI is InChI=1S/C16H27N3O2/c1-2-12-3-5-14(6-4-12)19-8-7-18(11-15(19)20)16(21)13-9-17-10-13/h12-14,17H,2-11H2,1H3. The molecule has 0 atom stereocenters. The number of hydrogen-bond donors (Lipinski definition) is 1. The molecule has 2 amide bonds. The molecule has 2 heterocycles. The van der Waals surface area contributed by atoms with Crippen LogP contribution >= 0.6 is 0 Å². The highest BCUT2D eigenvalue weighted by Gasteiger charge is 2.36. The van der Waals surface area contributed by atoms with E-state index >= 15 is 0 Å². The number of hydrogen-bond acceptors (Lipinski definition) is 3. The second-order valence-corrected chi connectivity index (χ2v) is 6.78. The average molecular weight is 293 g/mol. The Kier molecular flexibility index (Phi) is 4.48. The van der Waals surface area contributed by atoms with Gasteiger partial charge in [-0.15, -0.1) is 0 Å². The minimum absolute atomic E-state index is 0.101. The molecule has 2 saturated heterocycles. The summed E-state index contributed by atoms with van der Waals surface area (Å²) in [6.07, 6.45) is 6.05. The SMILES string of the molecule is CCC1CCC(N2CCN(C(=O)C3CNC3)CC2=O)CC1. The molecule has 0 aromatic heterocycles. The summed E-state index contributed by atoms with van der Waals surface area (Å²) >= 11 is 0. The Balaban J connectivity index is 1.51. The number of carbonyl (C=O) groups is 2. The van der Waals surface area contributed by atoms with Crippen molar-refractivity contribution in [2.24, 2.45) is 11.8 Å². The van der Waals surface area contributed by atoms with Crippen LogP contribution in [0.15, 0.2) is 0 Å². The molecule has 3 aliphatic rings. The van der Waals surface area contributed by atoms with Crippen molar-refractivity contribution in [3.8, 4) is 0 Å². The van der Waals surface area contributed by atoms with Crippen LogP contribution < -0.4 is 5.32 Å². The van der Waals surface area contributed by atoms with E-state index in [0.29, 0.717) is 12.6 Å². The number of nitrogens with zero attached hydrogens (tertiary/aromatic N) is 2. The smallest absolute Gasteiger partial charge is 0.242 e. The Morgan fingerprint density at radius 1 is 1.19 bits per heavy atom. The number of nitrogens with one attached hydrogen (secondary N) is 1. The van der Waals surface area contributed by atoms with Crippen molar-refractivity contribution in [3.05, 3.63) is 0 Å². The molecule has 1 aliphatic carbocycles. The van der Waals surface area contributed by atoms with Gasteiger partial charge in [0.2, 0.25) is 11.8 Å². The van der Waals surface area contributed by atoms with Gasteiger partial charge >= 0.3 is 0 Å². The Hall–Kier alpha value is -1.10. The van der Waals surface area contributed by atoms with Gasteiger partial charge in [0.25, 0.3) is 0 Å².